The standard InChI is InChI=1S/C11H15NO/c1-4-10(5-2)12-8-11-7-6-9(3)13-11/h1,6-7,10,12H,5,8H2,2-3H3. The first-order valence-corrected chi connectivity index (χ1v) is 4.51. The molecule has 0 aromatic carbocycles. The van der Waals surface area contributed by atoms with E-state index >= 15 is 0 Å². The predicted octanol–water partition coefficient (Wildman–Crippen LogP) is 2.09. The molecule has 1 atom stereocenters. The quantitative estimate of drug-likeness (QED) is 0.712. The molecule has 1 aromatic heterocycles. The van der Waals surface area contributed by atoms with Crippen LogP contribution in [0.4, 0.5) is 0 Å². The molecule has 0 aliphatic carbocycles. The van der Waals surface area contributed by atoms with Gasteiger partial charge in [0.05, 0.1) is 12.6 Å². The molecule has 70 valence electrons. The van der Waals surface area contributed by atoms with Crippen molar-refractivity contribution in [1.82, 2.24) is 5.32 Å². The Bertz CT molecular complexity index is 295. The number of aryl methyl sites for hydroxylation is 1. The Balaban J connectivity index is 2.39. The van der Waals surface area contributed by atoms with E-state index in [1.165, 1.54) is 0 Å². The number of hydrogen-bond donors (Lipinski definition) is 1. The third-order valence-corrected chi connectivity index (χ3v) is 1.93. The van der Waals surface area contributed by atoms with Crippen LogP contribution in [0.2, 0.25) is 0 Å². The molecule has 2 heteroatoms. The molecule has 1 unspecified atom stereocenters. The summed E-state index contributed by atoms with van der Waals surface area (Å²) in [4.78, 5) is 0. The highest BCUT2D eigenvalue weighted by molar-refractivity contribution is 5.06. The maximum absolute atomic E-state index is 5.39. The van der Waals surface area contributed by atoms with E-state index in [-0.39, 0.29) is 6.04 Å². The normalized spacial score (nSPS) is 12.4. The van der Waals surface area contributed by atoms with E-state index in [2.05, 4.69) is 18.2 Å². The third kappa shape index (κ3) is 2.96. The number of rotatable bonds is 4. The van der Waals surface area contributed by atoms with Gasteiger partial charge in [-0.2, -0.15) is 0 Å². The van der Waals surface area contributed by atoms with Crippen molar-refractivity contribution < 1.29 is 4.42 Å². The van der Waals surface area contributed by atoms with Gasteiger partial charge in [0.25, 0.3) is 0 Å². The van der Waals surface area contributed by atoms with Crippen LogP contribution in [0.1, 0.15) is 24.9 Å². The van der Waals surface area contributed by atoms with Gasteiger partial charge in [0.15, 0.2) is 0 Å². The highest BCUT2D eigenvalue weighted by atomic mass is 16.3. The zero-order valence-electron chi connectivity index (χ0n) is 8.13. The Hall–Kier alpha value is -1.20. The summed E-state index contributed by atoms with van der Waals surface area (Å²) in [5.74, 6) is 4.55. The van der Waals surface area contributed by atoms with Crippen molar-refractivity contribution in [2.45, 2.75) is 32.9 Å². The van der Waals surface area contributed by atoms with E-state index in [9.17, 15) is 0 Å². The van der Waals surface area contributed by atoms with Crippen LogP contribution in [0.5, 0.6) is 0 Å². The molecule has 0 radical (unpaired) electrons. The van der Waals surface area contributed by atoms with Crippen LogP contribution in [0, 0.1) is 19.3 Å². The van der Waals surface area contributed by atoms with E-state index in [1.54, 1.807) is 0 Å². The number of nitrogens with one attached hydrogen (secondary N) is 1. The van der Waals surface area contributed by atoms with Crippen LogP contribution < -0.4 is 5.32 Å². The zero-order chi connectivity index (χ0) is 9.68. The number of furan rings is 1. The second-order valence-electron chi connectivity index (χ2n) is 3.02. The minimum Gasteiger partial charge on any atom is -0.465 e. The van der Waals surface area contributed by atoms with Gasteiger partial charge >= 0.3 is 0 Å². The lowest BCUT2D eigenvalue weighted by atomic mass is 10.2. The van der Waals surface area contributed by atoms with Gasteiger partial charge in [-0.05, 0) is 25.5 Å². The molecule has 13 heavy (non-hydrogen) atoms. The summed E-state index contributed by atoms with van der Waals surface area (Å²) in [6.45, 7) is 4.70. The Morgan fingerprint density at radius 2 is 2.38 bits per heavy atom. The van der Waals surface area contributed by atoms with E-state index in [1.807, 2.05) is 19.1 Å². The smallest absolute Gasteiger partial charge is 0.117 e. The van der Waals surface area contributed by atoms with Gasteiger partial charge in [0.1, 0.15) is 11.5 Å². The molecule has 0 bridgehead atoms. The Morgan fingerprint density at radius 1 is 1.62 bits per heavy atom. The maximum atomic E-state index is 5.39. The summed E-state index contributed by atoms with van der Waals surface area (Å²) in [7, 11) is 0. The van der Waals surface area contributed by atoms with Crippen molar-refractivity contribution in [3.63, 3.8) is 0 Å². The van der Waals surface area contributed by atoms with E-state index < -0.39 is 0 Å². The third-order valence-electron chi connectivity index (χ3n) is 1.93. The SMILES string of the molecule is C#CC(CC)NCc1ccc(C)o1. The summed E-state index contributed by atoms with van der Waals surface area (Å²) in [5.41, 5.74) is 0. The zero-order valence-corrected chi connectivity index (χ0v) is 8.13. The molecule has 0 amide bonds. The molecule has 1 aromatic rings. The van der Waals surface area contributed by atoms with Gasteiger partial charge < -0.3 is 4.42 Å². The predicted molar refractivity (Wildman–Crippen MR) is 53.2 cm³/mol. The Kier molecular flexibility index (Phi) is 3.60. The van der Waals surface area contributed by atoms with Gasteiger partial charge in [0, 0.05) is 0 Å². The fourth-order valence-electron chi connectivity index (χ4n) is 1.13. The molecular formula is C11H15NO. The molecule has 0 saturated heterocycles. The number of hydrogen-bond acceptors (Lipinski definition) is 2. The molecule has 0 saturated carbocycles. The molecule has 0 aliphatic rings. The molecular weight excluding hydrogens is 162 g/mol. The van der Waals surface area contributed by atoms with Gasteiger partial charge in [-0.25, -0.2) is 0 Å². The van der Waals surface area contributed by atoms with Crippen molar-refractivity contribution >= 4 is 0 Å². The van der Waals surface area contributed by atoms with Crippen LogP contribution in [0.25, 0.3) is 0 Å². The number of terminal acetylenes is 1. The largest absolute Gasteiger partial charge is 0.465 e. The van der Waals surface area contributed by atoms with E-state index in [0.717, 1.165) is 17.9 Å². The minimum atomic E-state index is 0.144. The summed E-state index contributed by atoms with van der Waals surface area (Å²) >= 11 is 0. The lowest BCUT2D eigenvalue weighted by molar-refractivity contribution is 0.450. The molecule has 2 nitrogen and oxygen atoms in total. The topological polar surface area (TPSA) is 25.2 Å². The van der Waals surface area contributed by atoms with Crippen LogP contribution in [-0.4, -0.2) is 6.04 Å². The van der Waals surface area contributed by atoms with Crippen molar-refractivity contribution in [2.24, 2.45) is 0 Å². The first-order chi connectivity index (χ1) is 6.26. The molecule has 1 N–H and O–H groups in total. The lowest BCUT2D eigenvalue weighted by Crippen LogP contribution is -2.25. The average molecular weight is 177 g/mol. The van der Waals surface area contributed by atoms with Crippen LogP contribution in [-0.2, 0) is 6.54 Å². The van der Waals surface area contributed by atoms with Crippen LogP contribution in [0.15, 0.2) is 16.5 Å². The molecule has 0 fully saturated rings. The van der Waals surface area contributed by atoms with Crippen molar-refractivity contribution in [3.8, 4) is 12.3 Å². The minimum absolute atomic E-state index is 0.144. The van der Waals surface area contributed by atoms with Crippen LogP contribution >= 0.6 is 0 Å². The molecule has 0 spiro atoms. The second kappa shape index (κ2) is 4.74. The van der Waals surface area contributed by atoms with Gasteiger partial charge in [0.2, 0.25) is 0 Å². The van der Waals surface area contributed by atoms with Gasteiger partial charge in [-0.3, -0.25) is 5.32 Å². The molecule has 1 rings (SSSR count). The molecule has 1 heterocycles. The summed E-state index contributed by atoms with van der Waals surface area (Å²) in [6, 6.07) is 4.06. The first kappa shape index (κ1) is 9.88. The lowest BCUT2D eigenvalue weighted by Gasteiger charge is -2.08. The average Bonchev–Trinajstić information content (AvgIpc) is 2.53. The summed E-state index contributed by atoms with van der Waals surface area (Å²) < 4.78 is 5.39. The van der Waals surface area contributed by atoms with Gasteiger partial charge in [-0.1, -0.05) is 12.8 Å². The first-order valence-electron chi connectivity index (χ1n) is 4.51. The Labute approximate surface area is 79.3 Å². The van der Waals surface area contributed by atoms with Gasteiger partial charge in [-0.15, -0.1) is 6.42 Å². The second-order valence-corrected chi connectivity index (χ2v) is 3.02. The van der Waals surface area contributed by atoms with Crippen LogP contribution in [0.3, 0.4) is 0 Å². The van der Waals surface area contributed by atoms with Crippen molar-refractivity contribution in [3.05, 3.63) is 23.7 Å². The molecule has 0 aliphatic heterocycles. The summed E-state index contributed by atoms with van der Waals surface area (Å²) in [6.07, 6.45) is 6.25. The van der Waals surface area contributed by atoms with E-state index in [4.69, 9.17) is 10.8 Å². The fraction of sp³-hybridized carbons (Fsp3) is 0.455. The maximum Gasteiger partial charge on any atom is 0.117 e. The summed E-state index contributed by atoms with van der Waals surface area (Å²) in [5, 5.41) is 3.22. The van der Waals surface area contributed by atoms with Crippen molar-refractivity contribution in [2.75, 3.05) is 0 Å². The Morgan fingerprint density at radius 3 is 2.85 bits per heavy atom. The fourth-order valence-corrected chi connectivity index (χ4v) is 1.13. The van der Waals surface area contributed by atoms with Crippen molar-refractivity contribution in [1.29, 1.82) is 0 Å². The highest BCUT2D eigenvalue weighted by Crippen LogP contribution is 2.05. The monoisotopic (exact) mass is 177 g/mol. The van der Waals surface area contributed by atoms with E-state index in [0.29, 0.717) is 6.54 Å². The highest BCUT2D eigenvalue weighted by Gasteiger charge is 2.02.